The first-order valence-electron chi connectivity index (χ1n) is 5.52. The molecule has 0 bridgehead atoms. The Morgan fingerprint density at radius 1 is 1.44 bits per heavy atom. The smallest absolute Gasteiger partial charge is 0.137 e. The maximum atomic E-state index is 5.73. The van der Waals surface area contributed by atoms with E-state index < -0.39 is 0 Å². The summed E-state index contributed by atoms with van der Waals surface area (Å²) >= 11 is 0. The van der Waals surface area contributed by atoms with Gasteiger partial charge in [-0.3, -0.25) is 4.68 Å². The lowest BCUT2D eigenvalue weighted by Gasteiger charge is -2.00. The fourth-order valence-corrected chi connectivity index (χ4v) is 1.80. The van der Waals surface area contributed by atoms with E-state index in [0.717, 1.165) is 35.9 Å². The summed E-state index contributed by atoms with van der Waals surface area (Å²) in [7, 11) is 1.91. The lowest BCUT2D eigenvalue weighted by molar-refractivity contribution is 0.506. The number of aryl methyl sites for hydroxylation is 1. The van der Waals surface area contributed by atoms with Gasteiger partial charge in [-0.25, -0.2) is 0 Å². The molecule has 0 amide bonds. The average molecular weight is 219 g/mol. The van der Waals surface area contributed by atoms with Gasteiger partial charge in [0.05, 0.1) is 18.3 Å². The van der Waals surface area contributed by atoms with Gasteiger partial charge in [-0.05, 0) is 33.0 Å². The lowest BCUT2D eigenvalue weighted by atomic mass is 10.2. The molecule has 0 fully saturated rings. The summed E-state index contributed by atoms with van der Waals surface area (Å²) in [5.74, 6) is 1.84. The fourth-order valence-electron chi connectivity index (χ4n) is 1.80. The minimum absolute atomic E-state index is 0.751. The minimum Gasteiger partial charge on any atom is -0.460 e. The van der Waals surface area contributed by atoms with Crippen LogP contribution in [0.25, 0.3) is 11.3 Å². The molecule has 0 aliphatic heterocycles. The first-order chi connectivity index (χ1) is 7.76. The molecular weight excluding hydrogens is 202 g/mol. The van der Waals surface area contributed by atoms with E-state index in [4.69, 9.17) is 4.42 Å². The van der Waals surface area contributed by atoms with E-state index in [1.54, 1.807) is 0 Å². The minimum atomic E-state index is 0.751. The topological polar surface area (TPSA) is 43.0 Å². The van der Waals surface area contributed by atoms with Gasteiger partial charge in [-0.15, -0.1) is 0 Å². The van der Waals surface area contributed by atoms with Crippen molar-refractivity contribution in [3.8, 4) is 11.3 Å². The molecule has 4 nitrogen and oxygen atoms in total. The van der Waals surface area contributed by atoms with Crippen LogP contribution in [0.15, 0.2) is 22.7 Å². The summed E-state index contributed by atoms with van der Waals surface area (Å²) in [4.78, 5) is 0. The van der Waals surface area contributed by atoms with Crippen LogP contribution < -0.4 is 5.32 Å². The highest BCUT2D eigenvalue weighted by Gasteiger charge is 2.11. The number of aromatic nitrogens is 2. The zero-order chi connectivity index (χ0) is 11.5. The standard InChI is InChI=1S/C12H17N3O/c1-4-15-9(2)11(8-14-15)12-6-5-10(16-12)7-13-3/h5-6,8,13H,4,7H2,1-3H3. The van der Waals surface area contributed by atoms with Crippen molar-refractivity contribution in [2.45, 2.75) is 26.9 Å². The molecular formula is C12H17N3O. The van der Waals surface area contributed by atoms with Gasteiger partial charge in [0.15, 0.2) is 0 Å². The van der Waals surface area contributed by atoms with Crippen molar-refractivity contribution in [3.63, 3.8) is 0 Å². The van der Waals surface area contributed by atoms with Crippen molar-refractivity contribution in [2.75, 3.05) is 7.05 Å². The van der Waals surface area contributed by atoms with Crippen molar-refractivity contribution in [1.29, 1.82) is 0 Å². The molecule has 1 N–H and O–H groups in total. The fraction of sp³-hybridized carbons (Fsp3) is 0.417. The molecule has 0 spiro atoms. The number of nitrogens with zero attached hydrogens (tertiary/aromatic N) is 2. The van der Waals surface area contributed by atoms with Crippen LogP contribution in [-0.2, 0) is 13.1 Å². The Balaban J connectivity index is 2.31. The van der Waals surface area contributed by atoms with Crippen molar-refractivity contribution < 1.29 is 4.42 Å². The van der Waals surface area contributed by atoms with Crippen LogP contribution in [0.1, 0.15) is 18.4 Å². The van der Waals surface area contributed by atoms with Crippen LogP contribution in [0.2, 0.25) is 0 Å². The van der Waals surface area contributed by atoms with Crippen LogP contribution in [-0.4, -0.2) is 16.8 Å². The van der Waals surface area contributed by atoms with Crippen LogP contribution >= 0.6 is 0 Å². The maximum Gasteiger partial charge on any atom is 0.137 e. The van der Waals surface area contributed by atoms with E-state index >= 15 is 0 Å². The molecule has 0 aliphatic carbocycles. The van der Waals surface area contributed by atoms with Crippen LogP contribution in [0.5, 0.6) is 0 Å². The number of hydrogen-bond acceptors (Lipinski definition) is 3. The summed E-state index contributed by atoms with van der Waals surface area (Å²) in [6.07, 6.45) is 1.86. The molecule has 0 aromatic carbocycles. The molecule has 2 aromatic rings. The predicted molar refractivity (Wildman–Crippen MR) is 63.1 cm³/mol. The largest absolute Gasteiger partial charge is 0.460 e. The van der Waals surface area contributed by atoms with Gasteiger partial charge in [-0.2, -0.15) is 5.10 Å². The van der Waals surface area contributed by atoms with E-state index in [1.165, 1.54) is 0 Å². The molecule has 0 radical (unpaired) electrons. The summed E-state index contributed by atoms with van der Waals surface area (Å²) < 4.78 is 7.70. The summed E-state index contributed by atoms with van der Waals surface area (Å²) in [6, 6.07) is 3.99. The molecule has 2 aromatic heterocycles. The van der Waals surface area contributed by atoms with Gasteiger partial charge in [0, 0.05) is 12.2 Å². The first kappa shape index (κ1) is 11.0. The van der Waals surface area contributed by atoms with Gasteiger partial charge < -0.3 is 9.73 Å². The van der Waals surface area contributed by atoms with E-state index in [2.05, 4.69) is 24.3 Å². The molecule has 0 aliphatic rings. The second-order valence-corrected chi connectivity index (χ2v) is 3.76. The SMILES string of the molecule is CCn1ncc(-c2ccc(CNC)o2)c1C. The second-order valence-electron chi connectivity index (χ2n) is 3.76. The Kier molecular flexibility index (Phi) is 3.10. The van der Waals surface area contributed by atoms with E-state index in [1.807, 2.05) is 30.1 Å². The molecule has 0 atom stereocenters. The molecule has 16 heavy (non-hydrogen) atoms. The Hall–Kier alpha value is -1.55. The summed E-state index contributed by atoms with van der Waals surface area (Å²) in [6.45, 7) is 5.78. The molecule has 86 valence electrons. The van der Waals surface area contributed by atoms with Crippen molar-refractivity contribution in [1.82, 2.24) is 15.1 Å². The molecule has 4 heteroatoms. The molecule has 0 saturated carbocycles. The van der Waals surface area contributed by atoms with Gasteiger partial charge in [0.25, 0.3) is 0 Å². The van der Waals surface area contributed by atoms with Crippen molar-refractivity contribution in [3.05, 3.63) is 29.8 Å². The second kappa shape index (κ2) is 4.53. The Labute approximate surface area is 95.3 Å². The molecule has 0 unspecified atom stereocenters. The van der Waals surface area contributed by atoms with Crippen LogP contribution in [0.4, 0.5) is 0 Å². The molecule has 0 saturated heterocycles. The first-order valence-corrected chi connectivity index (χ1v) is 5.52. The highest BCUT2D eigenvalue weighted by Crippen LogP contribution is 2.25. The Morgan fingerprint density at radius 2 is 2.25 bits per heavy atom. The van der Waals surface area contributed by atoms with Crippen molar-refractivity contribution >= 4 is 0 Å². The maximum absolute atomic E-state index is 5.73. The quantitative estimate of drug-likeness (QED) is 0.857. The Morgan fingerprint density at radius 3 is 2.88 bits per heavy atom. The number of hydrogen-bond donors (Lipinski definition) is 1. The van der Waals surface area contributed by atoms with E-state index in [9.17, 15) is 0 Å². The van der Waals surface area contributed by atoms with Crippen LogP contribution in [0.3, 0.4) is 0 Å². The molecule has 2 heterocycles. The summed E-state index contributed by atoms with van der Waals surface area (Å²) in [5, 5.41) is 7.37. The summed E-state index contributed by atoms with van der Waals surface area (Å²) in [5.41, 5.74) is 2.22. The lowest BCUT2D eigenvalue weighted by Crippen LogP contribution is -2.03. The zero-order valence-electron chi connectivity index (χ0n) is 9.95. The van der Waals surface area contributed by atoms with Crippen molar-refractivity contribution in [2.24, 2.45) is 0 Å². The number of nitrogens with one attached hydrogen (secondary N) is 1. The van der Waals surface area contributed by atoms with Gasteiger partial charge in [-0.1, -0.05) is 0 Å². The Bertz CT molecular complexity index is 470. The predicted octanol–water partition coefficient (Wildman–Crippen LogP) is 2.19. The zero-order valence-corrected chi connectivity index (χ0v) is 9.95. The third-order valence-corrected chi connectivity index (χ3v) is 2.68. The van der Waals surface area contributed by atoms with Gasteiger partial charge in [0.1, 0.15) is 11.5 Å². The van der Waals surface area contributed by atoms with Gasteiger partial charge >= 0.3 is 0 Å². The number of rotatable bonds is 4. The van der Waals surface area contributed by atoms with E-state index in [0.29, 0.717) is 0 Å². The number of furan rings is 1. The third-order valence-electron chi connectivity index (χ3n) is 2.68. The van der Waals surface area contributed by atoms with Gasteiger partial charge in [0.2, 0.25) is 0 Å². The monoisotopic (exact) mass is 219 g/mol. The average Bonchev–Trinajstić information content (AvgIpc) is 2.85. The highest BCUT2D eigenvalue weighted by molar-refractivity contribution is 5.59. The third kappa shape index (κ3) is 1.88. The normalized spacial score (nSPS) is 10.9. The van der Waals surface area contributed by atoms with E-state index in [-0.39, 0.29) is 0 Å². The molecule has 2 rings (SSSR count). The highest BCUT2D eigenvalue weighted by atomic mass is 16.3. The van der Waals surface area contributed by atoms with Crippen LogP contribution in [0, 0.1) is 6.92 Å².